The van der Waals surface area contributed by atoms with Crippen molar-refractivity contribution in [2.75, 3.05) is 13.2 Å². The topological polar surface area (TPSA) is 29.1 Å². The van der Waals surface area contributed by atoms with Gasteiger partial charge in [-0.3, -0.25) is 0 Å². The highest BCUT2D eigenvalue weighted by atomic mass is 79.9. The zero-order chi connectivity index (χ0) is 8.97. The maximum atomic E-state index is 12.7. The van der Waals surface area contributed by atoms with Crippen molar-refractivity contribution in [1.82, 2.24) is 0 Å². The highest BCUT2D eigenvalue weighted by Gasteiger charge is 2.00. The molecule has 2 nitrogen and oxygen atoms in total. The number of rotatable bonds is 3. The lowest BCUT2D eigenvalue weighted by Crippen LogP contribution is -2.00. The molecular formula is C8H7BrFO2. The van der Waals surface area contributed by atoms with E-state index in [1.54, 1.807) is 0 Å². The smallest absolute Gasteiger partial charge is 0.137 e. The van der Waals surface area contributed by atoms with Crippen LogP contribution in [0.3, 0.4) is 0 Å². The quantitative estimate of drug-likeness (QED) is 0.789. The third kappa shape index (κ3) is 2.46. The van der Waals surface area contributed by atoms with Crippen LogP contribution < -0.4 is 4.74 Å². The lowest BCUT2D eigenvalue weighted by molar-refractivity contribution is 0.138. The van der Waals surface area contributed by atoms with Crippen LogP contribution in [0.15, 0.2) is 22.7 Å². The molecule has 0 amide bonds. The lowest BCUT2D eigenvalue weighted by Gasteiger charge is -2.03. The van der Waals surface area contributed by atoms with Gasteiger partial charge < -0.3 is 4.74 Å². The summed E-state index contributed by atoms with van der Waals surface area (Å²) in [6.07, 6.45) is 0. The molecule has 0 spiro atoms. The molecule has 0 aliphatic heterocycles. The first-order valence-corrected chi connectivity index (χ1v) is 4.19. The van der Waals surface area contributed by atoms with E-state index in [-0.39, 0.29) is 19.0 Å². The Kier molecular flexibility index (Phi) is 3.49. The summed E-state index contributed by atoms with van der Waals surface area (Å²) in [7, 11) is 0. The summed E-state index contributed by atoms with van der Waals surface area (Å²) in [5, 5.41) is 10.0. The summed E-state index contributed by atoms with van der Waals surface area (Å²) in [5.74, 6) is 0.156. The number of ether oxygens (including phenoxy) is 1. The van der Waals surface area contributed by atoms with Crippen molar-refractivity contribution in [1.29, 1.82) is 0 Å². The fourth-order valence-corrected chi connectivity index (χ4v) is 1.08. The molecule has 4 heteroatoms. The van der Waals surface area contributed by atoms with Gasteiger partial charge in [0, 0.05) is 0 Å². The first kappa shape index (κ1) is 9.48. The molecule has 65 valence electrons. The van der Waals surface area contributed by atoms with E-state index in [2.05, 4.69) is 15.9 Å². The molecule has 0 bridgehead atoms. The molecule has 0 aromatic heterocycles. The Balaban J connectivity index is 2.69. The molecule has 0 heterocycles. The van der Waals surface area contributed by atoms with Crippen LogP contribution in [0, 0.1) is 5.82 Å². The third-order valence-electron chi connectivity index (χ3n) is 1.24. The predicted octanol–water partition coefficient (Wildman–Crippen LogP) is 2.40. The van der Waals surface area contributed by atoms with Crippen LogP contribution in [-0.4, -0.2) is 13.2 Å². The first-order valence-electron chi connectivity index (χ1n) is 3.40. The van der Waals surface area contributed by atoms with Crippen LogP contribution in [0.2, 0.25) is 0 Å². The van der Waals surface area contributed by atoms with E-state index in [4.69, 9.17) is 4.74 Å². The number of halogens is 2. The lowest BCUT2D eigenvalue weighted by atomic mass is 10.3. The van der Waals surface area contributed by atoms with Crippen LogP contribution in [0.1, 0.15) is 0 Å². The van der Waals surface area contributed by atoms with Gasteiger partial charge in [-0.1, -0.05) is 0 Å². The Morgan fingerprint density at radius 3 is 2.83 bits per heavy atom. The van der Waals surface area contributed by atoms with Crippen LogP contribution in [-0.2, 0) is 5.11 Å². The van der Waals surface area contributed by atoms with E-state index in [1.165, 1.54) is 18.2 Å². The van der Waals surface area contributed by atoms with E-state index >= 15 is 0 Å². The molecule has 0 N–H and O–H groups in total. The fraction of sp³-hybridized carbons (Fsp3) is 0.250. The summed E-state index contributed by atoms with van der Waals surface area (Å²) >= 11 is 3.00. The highest BCUT2D eigenvalue weighted by Crippen LogP contribution is 2.21. The van der Waals surface area contributed by atoms with E-state index < -0.39 is 0 Å². The van der Waals surface area contributed by atoms with Gasteiger partial charge in [0.15, 0.2) is 0 Å². The molecule has 1 radical (unpaired) electrons. The Hall–Kier alpha value is -0.610. The summed E-state index contributed by atoms with van der Waals surface area (Å²) in [5.41, 5.74) is 0. The molecule has 0 unspecified atom stereocenters. The summed E-state index contributed by atoms with van der Waals surface area (Å²) < 4.78 is 18.0. The SMILES string of the molecule is [O]CCOc1ccc(F)c(Br)c1. The second kappa shape index (κ2) is 4.42. The van der Waals surface area contributed by atoms with Crippen LogP contribution in [0.25, 0.3) is 0 Å². The average molecular weight is 234 g/mol. The van der Waals surface area contributed by atoms with Crippen molar-refractivity contribution in [3.05, 3.63) is 28.5 Å². The van der Waals surface area contributed by atoms with E-state index in [0.29, 0.717) is 10.2 Å². The molecule has 0 fully saturated rings. The Bertz CT molecular complexity index is 265. The molecule has 1 rings (SSSR count). The van der Waals surface area contributed by atoms with Gasteiger partial charge in [-0.2, -0.15) is 0 Å². The van der Waals surface area contributed by atoms with Crippen molar-refractivity contribution < 1.29 is 14.2 Å². The van der Waals surface area contributed by atoms with Crippen molar-refractivity contribution in [2.45, 2.75) is 0 Å². The van der Waals surface area contributed by atoms with Crippen molar-refractivity contribution in [3.63, 3.8) is 0 Å². The summed E-state index contributed by atoms with van der Waals surface area (Å²) in [4.78, 5) is 0. The molecule has 0 saturated heterocycles. The van der Waals surface area contributed by atoms with Crippen LogP contribution in [0.5, 0.6) is 5.75 Å². The normalized spacial score (nSPS) is 9.92. The van der Waals surface area contributed by atoms with Gasteiger partial charge in [0.1, 0.15) is 24.8 Å². The number of hydrogen-bond donors (Lipinski definition) is 0. The molecular weight excluding hydrogens is 227 g/mol. The molecule has 0 atom stereocenters. The van der Waals surface area contributed by atoms with E-state index in [0.717, 1.165) is 0 Å². The van der Waals surface area contributed by atoms with Gasteiger partial charge in [0.05, 0.1) is 4.47 Å². The fourth-order valence-electron chi connectivity index (χ4n) is 0.726. The predicted molar refractivity (Wildman–Crippen MR) is 45.1 cm³/mol. The first-order chi connectivity index (χ1) is 5.74. The maximum absolute atomic E-state index is 12.7. The molecule has 0 aliphatic carbocycles. The van der Waals surface area contributed by atoms with E-state index in [9.17, 15) is 9.50 Å². The van der Waals surface area contributed by atoms with E-state index in [1.807, 2.05) is 0 Å². The van der Waals surface area contributed by atoms with Gasteiger partial charge >= 0.3 is 0 Å². The van der Waals surface area contributed by atoms with Crippen LogP contribution >= 0.6 is 15.9 Å². The minimum Gasteiger partial charge on any atom is -0.491 e. The molecule has 1 aromatic rings. The number of hydrogen-bond acceptors (Lipinski definition) is 1. The second-order valence-corrected chi connectivity index (χ2v) is 2.98. The zero-order valence-electron chi connectivity index (χ0n) is 6.22. The van der Waals surface area contributed by atoms with Crippen molar-refractivity contribution in [2.24, 2.45) is 0 Å². The van der Waals surface area contributed by atoms with Gasteiger partial charge in [-0.05, 0) is 34.1 Å². The minimum atomic E-state index is -0.343. The highest BCUT2D eigenvalue weighted by molar-refractivity contribution is 9.10. The van der Waals surface area contributed by atoms with Gasteiger partial charge in [0.25, 0.3) is 0 Å². The van der Waals surface area contributed by atoms with Crippen molar-refractivity contribution in [3.8, 4) is 5.75 Å². The minimum absolute atomic E-state index is 0.109. The maximum Gasteiger partial charge on any atom is 0.137 e. The molecule has 0 saturated carbocycles. The third-order valence-corrected chi connectivity index (χ3v) is 1.85. The zero-order valence-corrected chi connectivity index (χ0v) is 7.80. The van der Waals surface area contributed by atoms with Crippen LogP contribution in [0.4, 0.5) is 4.39 Å². The molecule has 1 aromatic carbocycles. The standard InChI is InChI=1S/C8H7BrFO2/c9-7-5-6(12-4-3-11)1-2-8(7)10/h1-2,5H,3-4H2. The van der Waals surface area contributed by atoms with Gasteiger partial charge in [-0.25, -0.2) is 9.50 Å². The van der Waals surface area contributed by atoms with Gasteiger partial charge in [-0.15, -0.1) is 0 Å². The Labute approximate surface area is 78.1 Å². The number of benzene rings is 1. The second-order valence-electron chi connectivity index (χ2n) is 2.13. The summed E-state index contributed by atoms with van der Waals surface area (Å²) in [6, 6.07) is 4.25. The average Bonchev–Trinajstić information content (AvgIpc) is 2.07. The largest absolute Gasteiger partial charge is 0.491 e. The molecule has 12 heavy (non-hydrogen) atoms. The Morgan fingerprint density at radius 1 is 1.50 bits per heavy atom. The summed E-state index contributed by atoms with van der Waals surface area (Å²) in [6.45, 7) is -0.187. The molecule has 0 aliphatic rings. The van der Waals surface area contributed by atoms with Gasteiger partial charge in [0.2, 0.25) is 0 Å². The van der Waals surface area contributed by atoms with Crippen molar-refractivity contribution >= 4 is 15.9 Å². The monoisotopic (exact) mass is 233 g/mol. The Morgan fingerprint density at radius 2 is 2.25 bits per heavy atom.